The number of halogens is 1. The molecule has 0 spiro atoms. The van der Waals surface area contributed by atoms with E-state index in [1.807, 2.05) is 14.0 Å². The number of rotatable bonds is 2. The van der Waals surface area contributed by atoms with Crippen LogP contribution in [0.1, 0.15) is 11.3 Å². The molecule has 74 valence electrons. The molecule has 0 unspecified atom stereocenters. The number of hydrogen-bond donors (Lipinski definition) is 2. The maximum Gasteiger partial charge on any atom is 0.107 e. The van der Waals surface area contributed by atoms with Gasteiger partial charge in [0.15, 0.2) is 0 Å². The van der Waals surface area contributed by atoms with Gasteiger partial charge in [0.25, 0.3) is 0 Å². The van der Waals surface area contributed by atoms with Gasteiger partial charge in [-0.2, -0.15) is 5.10 Å². The highest BCUT2D eigenvalue weighted by molar-refractivity contribution is 9.10. The average molecular weight is 254 g/mol. The standard InChI is InChI=1S/C10H12BrN3/c1-6-8-3-7(5-12-2)4-9(11)10(8)14-13-6/h3-4,12H,5H2,1-2H3,(H,13,14). The highest BCUT2D eigenvalue weighted by Crippen LogP contribution is 2.25. The Labute approximate surface area is 91.0 Å². The van der Waals surface area contributed by atoms with E-state index in [2.05, 4.69) is 43.6 Å². The van der Waals surface area contributed by atoms with E-state index in [-0.39, 0.29) is 0 Å². The van der Waals surface area contributed by atoms with Crippen LogP contribution in [-0.4, -0.2) is 17.2 Å². The molecule has 0 saturated carbocycles. The minimum absolute atomic E-state index is 0.874. The minimum Gasteiger partial charge on any atom is -0.316 e. The Morgan fingerprint density at radius 1 is 1.50 bits per heavy atom. The zero-order valence-corrected chi connectivity index (χ0v) is 9.77. The van der Waals surface area contributed by atoms with Gasteiger partial charge in [0.05, 0.1) is 0 Å². The lowest BCUT2D eigenvalue weighted by Gasteiger charge is -2.01. The van der Waals surface area contributed by atoms with Crippen LogP contribution < -0.4 is 5.32 Å². The Balaban J connectivity index is 2.63. The predicted octanol–water partition coefficient (Wildman–Crippen LogP) is 2.35. The topological polar surface area (TPSA) is 40.7 Å². The molecule has 0 amide bonds. The summed E-state index contributed by atoms with van der Waals surface area (Å²) in [5, 5.41) is 11.5. The molecular weight excluding hydrogens is 242 g/mol. The SMILES string of the molecule is CNCc1cc(Br)c2n[nH]c(C)c2c1. The van der Waals surface area contributed by atoms with Gasteiger partial charge in [0, 0.05) is 22.1 Å². The number of nitrogens with one attached hydrogen (secondary N) is 2. The fraction of sp³-hybridized carbons (Fsp3) is 0.300. The number of fused-ring (bicyclic) bond motifs is 1. The molecule has 0 radical (unpaired) electrons. The third-order valence-corrected chi connectivity index (χ3v) is 2.85. The number of aromatic nitrogens is 2. The molecular formula is C10H12BrN3. The monoisotopic (exact) mass is 253 g/mol. The smallest absolute Gasteiger partial charge is 0.107 e. The quantitative estimate of drug-likeness (QED) is 0.863. The molecule has 4 heteroatoms. The summed E-state index contributed by atoms with van der Waals surface area (Å²) in [6.45, 7) is 2.91. The molecule has 0 bridgehead atoms. The molecule has 2 aromatic rings. The Hall–Kier alpha value is -0.870. The van der Waals surface area contributed by atoms with Crippen molar-refractivity contribution in [3.05, 3.63) is 27.9 Å². The molecule has 2 N–H and O–H groups in total. The lowest BCUT2D eigenvalue weighted by atomic mass is 10.1. The summed E-state index contributed by atoms with van der Waals surface area (Å²) in [4.78, 5) is 0. The normalized spacial score (nSPS) is 11.1. The van der Waals surface area contributed by atoms with Crippen molar-refractivity contribution >= 4 is 26.8 Å². The average Bonchev–Trinajstić information content (AvgIpc) is 2.49. The molecule has 1 aromatic carbocycles. The number of hydrogen-bond acceptors (Lipinski definition) is 2. The summed E-state index contributed by atoms with van der Waals surface area (Å²) < 4.78 is 1.05. The van der Waals surface area contributed by atoms with Gasteiger partial charge in [0.2, 0.25) is 0 Å². The highest BCUT2D eigenvalue weighted by Gasteiger charge is 2.06. The van der Waals surface area contributed by atoms with Gasteiger partial charge in [0.1, 0.15) is 5.52 Å². The third kappa shape index (κ3) is 1.55. The van der Waals surface area contributed by atoms with E-state index in [1.54, 1.807) is 0 Å². The molecule has 1 heterocycles. The van der Waals surface area contributed by atoms with Crippen LogP contribution in [0.5, 0.6) is 0 Å². The lowest BCUT2D eigenvalue weighted by molar-refractivity contribution is 0.818. The van der Waals surface area contributed by atoms with E-state index in [9.17, 15) is 0 Å². The number of aromatic amines is 1. The molecule has 3 nitrogen and oxygen atoms in total. The predicted molar refractivity (Wildman–Crippen MR) is 61.3 cm³/mol. The van der Waals surface area contributed by atoms with E-state index in [0.29, 0.717) is 0 Å². The maximum absolute atomic E-state index is 4.23. The van der Waals surface area contributed by atoms with Crippen LogP contribution in [0.25, 0.3) is 10.9 Å². The summed E-state index contributed by atoms with van der Waals surface area (Å²) in [6, 6.07) is 4.26. The molecule has 2 rings (SSSR count). The highest BCUT2D eigenvalue weighted by atomic mass is 79.9. The summed E-state index contributed by atoms with van der Waals surface area (Å²) in [7, 11) is 1.94. The fourth-order valence-electron chi connectivity index (χ4n) is 1.56. The van der Waals surface area contributed by atoms with Gasteiger partial charge in [-0.15, -0.1) is 0 Å². The number of aryl methyl sites for hydroxylation is 1. The third-order valence-electron chi connectivity index (χ3n) is 2.24. The Kier molecular flexibility index (Phi) is 2.56. The Morgan fingerprint density at radius 2 is 2.29 bits per heavy atom. The second-order valence-electron chi connectivity index (χ2n) is 3.35. The van der Waals surface area contributed by atoms with Gasteiger partial charge in [-0.25, -0.2) is 0 Å². The van der Waals surface area contributed by atoms with Crippen LogP contribution in [0.2, 0.25) is 0 Å². The van der Waals surface area contributed by atoms with Crippen molar-refractivity contribution in [3.8, 4) is 0 Å². The first-order valence-corrected chi connectivity index (χ1v) is 5.29. The van der Waals surface area contributed by atoms with E-state index in [4.69, 9.17) is 0 Å². The Morgan fingerprint density at radius 3 is 3.00 bits per heavy atom. The summed E-state index contributed by atoms with van der Waals surface area (Å²) >= 11 is 3.52. The molecule has 0 aliphatic rings. The van der Waals surface area contributed by atoms with E-state index < -0.39 is 0 Å². The molecule has 0 aliphatic heterocycles. The first-order valence-electron chi connectivity index (χ1n) is 4.50. The number of H-pyrrole nitrogens is 1. The van der Waals surface area contributed by atoms with Crippen LogP contribution in [0.15, 0.2) is 16.6 Å². The van der Waals surface area contributed by atoms with Crippen LogP contribution in [0, 0.1) is 6.92 Å². The number of nitrogens with zero attached hydrogens (tertiary/aromatic N) is 1. The first kappa shape index (κ1) is 9.68. The van der Waals surface area contributed by atoms with Gasteiger partial charge in [-0.3, -0.25) is 5.10 Å². The summed E-state index contributed by atoms with van der Waals surface area (Å²) in [5.41, 5.74) is 3.37. The van der Waals surface area contributed by atoms with E-state index in [1.165, 1.54) is 10.9 Å². The molecule has 14 heavy (non-hydrogen) atoms. The van der Waals surface area contributed by atoms with Crippen LogP contribution >= 0.6 is 15.9 Å². The first-order chi connectivity index (χ1) is 6.72. The molecule has 0 atom stereocenters. The molecule has 1 aromatic heterocycles. The second-order valence-corrected chi connectivity index (χ2v) is 4.21. The van der Waals surface area contributed by atoms with Crippen LogP contribution in [0.3, 0.4) is 0 Å². The van der Waals surface area contributed by atoms with Crippen LogP contribution in [-0.2, 0) is 6.54 Å². The van der Waals surface area contributed by atoms with Crippen molar-refractivity contribution in [2.24, 2.45) is 0 Å². The largest absolute Gasteiger partial charge is 0.316 e. The molecule has 0 fully saturated rings. The lowest BCUT2D eigenvalue weighted by Crippen LogP contribution is -2.04. The summed E-state index contributed by atoms with van der Waals surface area (Å²) in [6.07, 6.45) is 0. The van der Waals surface area contributed by atoms with Crippen molar-refractivity contribution in [3.63, 3.8) is 0 Å². The van der Waals surface area contributed by atoms with Crippen molar-refractivity contribution in [1.29, 1.82) is 0 Å². The van der Waals surface area contributed by atoms with Crippen molar-refractivity contribution in [2.75, 3.05) is 7.05 Å². The van der Waals surface area contributed by atoms with Gasteiger partial charge >= 0.3 is 0 Å². The summed E-state index contributed by atoms with van der Waals surface area (Å²) in [5.74, 6) is 0. The number of benzene rings is 1. The van der Waals surface area contributed by atoms with Crippen molar-refractivity contribution in [1.82, 2.24) is 15.5 Å². The van der Waals surface area contributed by atoms with Gasteiger partial charge in [-0.1, -0.05) is 0 Å². The zero-order valence-electron chi connectivity index (χ0n) is 8.19. The van der Waals surface area contributed by atoms with Crippen molar-refractivity contribution < 1.29 is 0 Å². The fourth-order valence-corrected chi connectivity index (χ4v) is 2.16. The zero-order chi connectivity index (χ0) is 10.1. The van der Waals surface area contributed by atoms with Gasteiger partial charge in [-0.05, 0) is 47.6 Å². The van der Waals surface area contributed by atoms with Crippen molar-refractivity contribution in [2.45, 2.75) is 13.5 Å². The van der Waals surface area contributed by atoms with Crippen LogP contribution in [0.4, 0.5) is 0 Å². The Bertz CT molecular complexity index is 462. The molecule has 0 aliphatic carbocycles. The minimum atomic E-state index is 0.874. The molecule has 0 saturated heterocycles. The maximum atomic E-state index is 4.23. The van der Waals surface area contributed by atoms with Gasteiger partial charge < -0.3 is 5.32 Å². The van der Waals surface area contributed by atoms with E-state index in [0.717, 1.165) is 22.2 Å². The second kappa shape index (κ2) is 3.71. The van der Waals surface area contributed by atoms with E-state index >= 15 is 0 Å².